The van der Waals surface area contributed by atoms with E-state index in [0.29, 0.717) is 10.2 Å². The van der Waals surface area contributed by atoms with Gasteiger partial charge in [-0.25, -0.2) is 4.39 Å². The van der Waals surface area contributed by atoms with Gasteiger partial charge in [-0.3, -0.25) is 4.79 Å². The average Bonchev–Trinajstić information content (AvgIpc) is 2.41. The lowest BCUT2D eigenvalue weighted by Crippen LogP contribution is -2.30. The minimum absolute atomic E-state index is 0.0464. The molecule has 1 N–H and O–H groups in total. The van der Waals surface area contributed by atoms with Crippen LogP contribution in [-0.2, 0) is 4.79 Å². The van der Waals surface area contributed by atoms with Gasteiger partial charge in [0.05, 0.1) is 0 Å². The number of nitrogens with one attached hydrogen (secondary N) is 1. The van der Waals surface area contributed by atoms with Crippen molar-refractivity contribution in [3.05, 3.63) is 58.3 Å². The minimum Gasteiger partial charge on any atom is -0.478 e. The second-order valence-electron chi connectivity index (χ2n) is 4.69. The molecule has 1 amide bonds. The summed E-state index contributed by atoms with van der Waals surface area (Å²) < 4.78 is 19.6. The third kappa shape index (κ3) is 4.29. The van der Waals surface area contributed by atoms with Crippen LogP contribution in [0.2, 0.25) is 0 Å². The third-order valence-electron chi connectivity index (χ3n) is 2.85. The lowest BCUT2D eigenvalue weighted by Gasteiger charge is -2.15. The topological polar surface area (TPSA) is 38.3 Å². The Bertz CT molecular complexity index is 660. The molecule has 0 spiro atoms. The second kappa shape index (κ2) is 6.72. The van der Waals surface area contributed by atoms with Crippen LogP contribution in [-0.4, -0.2) is 12.0 Å². The van der Waals surface area contributed by atoms with Crippen molar-refractivity contribution in [3.8, 4) is 5.75 Å². The maximum Gasteiger partial charge on any atom is 0.265 e. The van der Waals surface area contributed by atoms with Gasteiger partial charge >= 0.3 is 0 Å². The van der Waals surface area contributed by atoms with Gasteiger partial charge in [0.25, 0.3) is 5.91 Å². The first-order valence-corrected chi connectivity index (χ1v) is 7.24. The number of hydrogen-bond donors (Lipinski definition) is 1. The second-order valence-corrected chi connectivity index (χ2v) is 5.61. The summed E-state index contributed by atoms with van der Waals surface area (Å²) in [6.45, 7) is 3.51. The fraction of sp³-hybridized carbons (Fsp3) is 0.188. The summed E-state index contributed by atoms with van der Waals surface area (Å²) in [5.41, 5.74) is 1.73. The predicted molar refractivity (Wildman–Crippen MR) is 84.0 cm³/mol. The molecule has 0 aliphatic carbocycles. The molecule has 0 saturated heterocycles. The van der Waals surface area contributed by atoms with Crippen LogP contribution in [0.5, 0.6) is 5.75 Å². The van der Waals surface area contributed by atoms with E-state index in [0.717, 1.165) is 5.56 Å². The van der Waals surface area contributed by atoms with Crippen molar-refractivity contribution < 1.29 is 13.9 Å². The number of anilines is 1. The maximum absolute atomic E-state index is 13.7. The number of amides is 1. The smallest absolute Gasteiger partial charge is 0.265 e. The number of carbonyl (C=O) groups is 1. The van der Waals surface area contributed by atoms with Crippen molar-refractivity contribution in [2.75, 3.05) is 5.32 Å². The molecule has 3 nitrogen and oxygen atoms in total. The summed E-state index contributed by atoms with van der Waals surface area (Å²) in [5, 5.41) is 2.74. The zero-order valence-electron chi connectivity index (χ0n) is 11.7. The highest BCUT2D eigenvalue weighted by Gasteiger charge is 2.17. The molecule has 2 aromatic carbocycles. The molecule has 0 heterocycles. The molecule has 0 aliphatic heterocycles. The molecule has 110 valence electrons. The standard InChI is InChI=1S/C16H15BrFNO2/c1-10-4-3-5-13(8-10)19-16(20)11(2)21-15-7-6-12(17)9-14(15)18/h3-9,11H,1-2H3,(H,19,20). The Balaban J connectivity index is 2.02. The zero-order valence-corrected chi connectivity index (χ0v) is 13.3. The van der Waals surface area contributed by atoms with E-state index in [1.54, 1.807) is 19.1 Å². The highest BCUT2D eigenvalue weighted by molar-refractivity contribution is 9.10. The van der Waals surface area contributed by atoms with Crippen molar-refractivity contribution in [2.45, 2.75) is 20.0 Å². The van der Waals surface area contributed by atoms with E-state index < -0.39 is 11.9 Å². The largest absolute Gasteiger partial charge is 0.478 e. The summed E-state index contributed by atoms with van der Waals surface area (Å²) in [4.78, 5) is 12.0. The van der Waals surface area contributed by atoms with Crippen LogP contribution in [0, 0.1) is 12.7 Å². The van der Waals surface area contributed by atoms with Crippen LogP contribution in [0.25, 0.3) is 0 Å². The number of halogens is 2. The van der Waals surface area contributed by atoms with Gasteiger partial charge in [-0.15, -0.1) is 0 Å². The lowest BCUT2D eigenvalue weighted by molar-refractivity contribution is -0.122. The average molecular weight is 352 g/mol. The van der Waals surface area contributed by atoms with E-state index in [2.05, 4.69) is 21.2 Å². The molecule has 2 rings (SSSR count). The van der Waals surface area contributed by atoms with Gasteiger partial charge in [0.15, 0.2) is 17.7 Å². The van der Waals surface area contributed by atoms with Crippen LogP contribution >= 0.6 is 15.9 Å². The van der Waals surface area contributed by atoms with Gasteiger partial charge in [-0.2, -0.15) is 0 Å². The minimum atomic E-state index is -0.804. The van der Waals surface area contributed by atoms with Gasteiger partial charge in [0.1, 0.15) is 0 Å². The molecule has 1 unspecified atom stereocenters. The fourth-order valence-electron chi connectivity index (χ4n) is 1.78. The fourth-order valence-corrected chi connectivity index (χ4v) is 2.11. The van der Waals surface area contributed by atoms with Gasteiger partial charge in [-0.1, -0.05) is 28.1 Å². The molecule has 2 aromatic rings. The van der Waals surface area contributed by atoms with Crippen LogP contribution in [0.15, 0.2) is 46.9 Å². The summed E-state index contributed by atoms with van der Waals surface area (Å²) in [6, 6.07) is 11.9. The van der Waals surface area contributed by atoms with Crippen LogP contribution < -0.4 is 10.1 Å². The number of benzene rings is 2. The lowest BCUT2D eigenvalue weighted by atomic mass is 10.2. The molecule has 0 aliphatic rings. The first kappa shape index (κ1) is 15.5. The van der Waals surface area contributed by atoms with E-state index in [4.69, 9.17) is 4.74 Å². The number of carbonyl (C=O) groups excluding carboxylic acids is 1. The molecular formula is C16H15BrFNO2. The first-order valence-electron chi connectivity index (χ1n) is 6.45. The summed E-state index contributed by atoms with van der Waals surface area (Å²) >= 11 is 3.17. The normalized spacial score (nSPS) is 11.8. The van der Waals surface area contributed by atoms with E-state index in [1.807, 2.05) is 25.1 Å². The Morgan fingerprint density at radius 1 is 1.29 bits per heavy atom. The number of rotatable bonds is 4. The highest BCUT2D eigenvalue weighted by Crippen LogP contribution is 2.22. The van der Waals surface area contributed by atoms with E-state index >= 15 is 0 Å². The zero-order chi connectivity index (χ0) is 15.4. The maximum atomic E-state index is 13.7. The van der Waals surface area contributed by atoms with Gasteiger partial charge in [-0.05, 0) is 49.7 Å². The Hall–Kier alpha value is -1.88. The van der Waals surface area contributed by atoms with E-state index in [1.165, 1.54) is 12.1 Å². The number of aryl methyl sites for hydroxylation is 1. The monoisotopic (exact) mass is 351 g/mol. The molecule has 21 heavy (non-hydrogen) atoms. The van der Waals surface area contributed by atoms with Crippen molar-refractivity contribution in [1.82, 2.24) is 0 Å². The molecule has 0 radical (unpaired) electrons. The summed E-state index contributed by atoms with van der Waals surface area (Å²) in [5.74, 6) is -0.799. The molecule has 1 atom stereocenters. The molecule has 0 fully saturated rings. The van der Waals surface area contributed by atoms with Crippen LogP contribution in [0.1, 0.15) is 12.5 Å². The third-order valence-corrected chi connectivity index (χ3v) is 3.35. The Morgan fingerprint density at radius 3 is 2.71 bits per heavy atom. The van der Waals surface area contributed by atoms with Gasteiger partial charge < -0.3 is 10.1 Å². The number of ether oxygens (including phenoxy) is 1. The SMILES string of the molecule is Cc1cccc(NC(=O)C(C)Oc2ccc(Br)cc2F)c1. The van der Waals surface area contributed by atoms with Crippen molar-refractivity contribution in [3.63, 3.8) is 0 Å². The number of hydrogen-bond acceptors (Lipinski definition) is 2. The predicted octanol–water partition coefficient (Wildman–Crippen LogP) is 4.30. The summed E-state index contributed by atoms with van der Waals surface area (Å²) in [6.07, 6.45) is -0.804. The quantitative estimate of drug-likeness (QED) is 0.891. The van der Waals surface area contributed by atoms with Crippen molar-refractivity contribution >= 4 is 27.5 Å². The van der Waals surface area contributed by atoms with Crippen LogP contribution in [0.3, 0.4) is 0 Å². The van der Waals surface area contributed by atoms with Crippen molar-refractivity contribution in [2.24, 2.45) is 0 Å². The Kier molecular flexibility index (Phi) is 4.96. The first-order chi connectivity index (χ1) is 9.95. The highest BCUT2D eigenvalue weighted by atomic mass is 79.9. The van der Waals surface area contributed by atoms with Crippen LogP contribution in [0.4, 0.5) is 10.1 Å². The Labute approximate surface area is 131 Å². The van der Waals surface area contributed by atoms with Gasteiger partial charge in [0, 0.05) is 10.2 Å². The van der Waals surface area contributed by atoms with E-state index in [9.17, 15) is 9.18 Å². The Morgan fingerprint density at radius 2 is 2.05 bits per heavy atom. The van der Waals surface area contributed by atoms with E-state index in [-0.39, 0.29) is 11.7 Å². The molecule has 0 saturated carbocycles. The molecule has 0 aromatic heterocycles. The van der Waals surface area contributed by atoms with Gasteiger partial charge in [0.2, 0.25) is 0 Å². The molecule has 0 bridgehead atoms. The van der Waals surface area contributed by atoms with Crippen molar-refractivity contribution in [1.29, 1.82) is 0 Å². The molecular weight excluding hydrogens is 337 g/mol. The summed E-state index contributed by atoms with van der Waals surface area (Å²) in [7, 11) is 0. The molecule has 5 heteroatoms.